The summed E-state index contributed by atoms with van der Waals surface area (Å²) >= 11 is 0. The number of ether oxygens (including phenoxy) is 1. The number of alkyl halides is 3. The quantitative estimate of drug-likeness (QED) is 0.855. The van der Waals surface area contributed by atoms with Crippen LogP contribution >= 0.6 is 0 Å². The van der Waals surface area contributed by atoms with Gasteiger partial charge in [-0.15, -0.1) is 0 Å². The number of hydrogen-bond acceptors (Lipinski definition) is 5. The molecule has 1 aromatic rings. The van der Waals surface area contributed by atoms with Gasteiger partial charge < -0.3 is 14.7 Å². The van der Waals surface area contributed by atoms with Crippen molar-refractivity contribution < 1.29 is 32.6 Å². The number of esters is 1. The van der Waals surface area contributed by atoms with Gasteiger partial charge in [0.05, 0.1) is 7.11 Å². The van der Waals surface area contributed by atoms with Crippen LogP contribution in [0, 0.1) is 5.41 Å². The van der Waals surface area contributed by atoms with Gasteiger partial charge in [-0.2, -0.15) is 13.2 Å². The van der Waals surface area contributed by atoms with E-state index in [1.807, 2.05) is 0 Å². The van der Waals surface area contributed by atoms with E-state index in [2.05, 4.69) is 9.72 Å². The van der Waals surface area contributed by atoms with Crippen molar-refractivity contribution >= 4 is 17.8 Å². The largest absolute Gasteiger partial charge is 0.477 e. The molecule has 0 aromatic carbocycles. The second kappa shape index (κ2) is 5.47. The average molecular weight is 318 g/mol. The van der Waals surface area contributed by atoms with Crippen LogP contribution in [0.25, 0.3) is 0 Å². The zero-order valence-electron chi connectivity index (χ0n) is 11.6. The maximum atomic E-state index is 13.3. The van der Waals surface area contributed by atoms with E-state index >= 15 is 0 Å². The van der Waals surface area contributed by atoms with E-state index in [1.165, 1.54) is 23.1 Å². The third-order valence-corrected chi connectivity index (χ3v) is 3.67. The third-order valence-electron chi connectivity index (χ3n) is 3.67. The topological polar surface area (TPSA) is 79.7 Å². The van der Waals surface area contributed by atoms with E-state index in [1.54, 1.807) is 0 Å². The first-order chi connectivity index (χ1) is 10.2. The smallest absolute Gasteiger partial charge is 0.406 e. The fourth-order valence-electron chi connectivity index (χ4n) is 2.43. The maximum Gasteiger partial charge on any atom is 0.406 e. The second-order valence-electron chi connectivity index (χ2n) is 4.93. The number of aromatic carboxylic acids is 1. The summed E-state index contributed by atoms with van der Waals surface area (Å²) in [7, 11) is 0.905. The Bertz CT molecular complexity index is 605. The number of methoxy groups -OCH3 is 1. The molecular formula is C13H13F3N2O4. The molecule has 2 heterocycles. The fourth-order valence-corrected chi connectivity index (χ4v) is 2.43. The maximum absolute atomic E-state index is 13.3. The highest BCUT2D eigenvalue weighted by Crippen LogP contribution is 2.47. The van der Waals surface area contributed by atoms with Crippen LogP contribution in [0.1, 0.15) is 16.9 Å². The molecule has 1 aliphatic rings. The number of hydrogen-bond donors (Lipinski definition) is 1. The predicted molar refractivity (Wildman–Crippen MR) is 68.5 cm³/mol. The van der Waals surface area contributed by atoms with Crippen molar-refractivity contribution in [2.24, 2.45) is 5.41 Å². The van der Waals surface area contributed by atoms with Gasteiger partial charge in [-0.25, -0.2) is 9.78 Å². The average Bonchev–Trinajstić information content (AvgIpc) is 2.92. The Morgan fingerprint density at radius 3 is 2.64 bits per heavy atom. The molecule has 1 aromatic heterocycles. The lowest BCUT2D eigenvalue weighted by Gasteiger charge is -2.29. The zero-order valence-corrected chi connectivity index (χ0v) is 11.6. The zero-order chi connectivity index (χ0) is 16.5. The Hall–Kier alpha value is -2.32. The highest BCUT2D eigenvalue weighted by Gasteiger charge is 2.64. The molecule has 1 N–H and O–H groups in total. The third kappa shape index (κ3) is 2.58. The van der Waals surface area contributed by atoms with Crippen LogP contribution < -0.4 is 4.90 Å². The molecule has 1 saturated heterocycles. The monoisotopic (exact) mass is 318 g/mol. The predicted octanol–water partition coefficient (Wildman–Crippen LogP) is 1.71. The molecule has 0 saturated carbocycles. The molecule has 1 aliphatic heterocycles. The summed E-state index contributed by atoms with van der Waals surface area (Å²) in [5.74, 6) is -2.55. The van der Waals surface area contributed by atoms with Crippen LogP contribution in [-0.4, -0.2) is 48.4 Å². The Kier molecular flexibility index (Phi) is 3.99. The molecule has 2 rings (SSSR count). The second-order valence-corrected chi connectivity index (χ2v) is 4.93. The highest BCUT2D eigenvalue weighted by atomic mass is 19.4. The molecule has 0 radical (unpaired) electrons. The molecule has 0 spiro atoms. The number of pyridine rings is 1. The van der Waals surface area contributed by atoms with E-state index in [9.17, 15) is 22.8 Å². The van der Waals surface area contributed by atoms with E-state index in [-0.39, 0.29) is 18.1 Å². The molecule has 1 unspecified atom stereocenters. The number of halogens is 3. The molecule has 1 fully saturated rings. The Labute approximate surface area is 123 Å². The van der Waals surface area contributed by atoms with Crippen LogP contribution in [0.4, 0.5) is 19.0 Å². The van der Waals surface area contributed by atoms with Crippen molar-refractivity contribution in [2.75, 3.05) is 25.1 Å². The molecule has 6 nitrogen and oxygen atoms in total. The minimum atomic E-state index is -4.76. The van der Waals surface area contributed by atoms with E-state index < -0.39 is 36.5 Å². The number of anilines is 1. The normalized spacial score (nSPS) is 21.7. The van der Waals surface area contributed by atoms with Gasteiger partial charge in [-0.1, -0.05) is 6.07 Å². The number of aromatic nitrogens is 1. The van der Waals surface area contributed by atoms with Gasteiger partial charge in [0.1, 0.15) is 5.82 Å². The first-order valence-electron chi connectivity index (χ1n) is 6.32. The van der Waals surface area contributed by atoms with E-state index in [0.29, 0.717) is 0 Å². The van der Waals surface area contributed by atoms with Crippen LogP contribution in [0.15, 0.2) is 18.2 Å². The summed E-state index contributed by atoms with van der Waals surface area (Å²) in [5, 5.41) is 8.88. The van der Waals surface area contributed by atoms with Gasteiger partial charge in [0.15, 0.2) is 11.1 Å². The van der Waals surface area contributed by atoms with Crippen molar-refractivity contribution in [1.82, 2.24) is 4.98 Å². The fraction of sp³-hybridized carbons (Fsp3) is 0.462. The van der Waals surface area contributed by atoms with Gasteiger partial charge in [0, 0.05) is 13.1 Å². The Balaban J connectivity index is 2.33. The number of carboxylic acids is 1. The summed E-state index contributed by atoms with van der Waals surface area (Å²) in [5.41, 5.74) is -2.90. The van der Waals surface area contributed by atoms with Gasteiger partial charge in [-0.05, 0) is 18.6 Å². The van der Waals surface area contributed by atoms with Gasteiger partial charge in [0.2, 0.25) is 0 Å². The van der Waals surface area contributed by atoms with Gasteiger partial charge in [-0.3, -0.25) is 4.79 Å². The number of carbonyl (C=O) groups is 2. The van der Waals surface area contributed by atoms with Crippen LogP contribution in [0.3, 0.4) is 0 Å². The molecule has 0 bridgehead atoms. The Morgan fingerprint density at radius 1 is 1.41 bits per heavy atom. The standard InChI is InChI=1S/C13H13F3N2O4/c1-22-11(21)12(13(14,15)16)5-6-18(7-12)9-4-2-3-8(17-9)10(19)20/h2-4H,5-7H2,1H3,(H,19,20). The molecule has 0 amide bonds. The molecule has 120 valence electrons. The van der Waals surface area contributed by atoms with Crippen molar-refractivity contribution in [3.63, 3.8) is 0 Å². The molecule has 9 heteroatoms. The van der Waals surface area contributed by atoms with Crippen molar-refractivity contribution in [1.29, 1.82) is 0 Å². The number of carboxylic acid groups (broad SMARTS) is 1. The summed E-state index contributed by atoms with van der Waals surface area (Å²) in [6.45, 7) is -0.732. The number of carbonyl (C=O) groups excluding carboxylic acids is 1. The lowest BCUT2D eigenvalue weighted by molar-refractivity contribution is -0.227. The van der Waals surface area contributed by atoms with Crippen molar-refractivity contribution in [2.45, 2.75) is 12.6 Å². The lowest BCUT2D eigenvalue weighted by Crippen LogP contribution is -2.48. The van der Waals surface area contributed by atoms with Crippen LogP contribution in [0.2, 0.25) is 0 Å². The molecular weight excluding hydrogens is 305 g/mol. The summed E-state index contributed by atoms with van der Waals surface area (Å²) in [4.78, 5) is 27.6. The summed E-state index contributed by atoms with van der Waals surface area (Å²) < 4.78 is 44.2. The SMILES string of the molecule is COC(=O)C1(C(F)(F)F)CCN(c2cccc(C(=O)O)n2)C1. The number of rotatable bonds is 3. The lowest BCUT2D eigenvalue weighted by atomic mass is 9.86. The first-order valence-corrected chi connectivity index (χ1v) is 6.32. The van der Waals surface area contributed by atoms with E-state index in [4.69, 9.17) is 5.11 Å². The molecule has 22 heavy (non-hydrogen) atoms. The Morgan fingerprint density at radius 2 is 2.09 bits per heavy atom. The summed E-state index contributed by atoms with van der Waals surface area (Å²) in [6, 6.07) is 4.02. The molecule has 0 aliphatic carbocycles. The minimum Gasteiger partial charge on any atom is -0.477 e. The van der Waals surface area contributed by atoms with Crippen LogP contribution in [-0.2, 0) is 9.53 Å². The van der Waals surface area contributed by atoms with Crippen molar-refractivity contribution in [3.05, 3.63) is 23.9 Å². The van der Waals surface area contributed by atoms with Crippen LogP contribution in [0.5, 0.6) is 0 Å². The van der Waals surface area contributed by atoms with Gasteiger partial charge >= 0.3 is 18.1 Å². The van der Waals surface area contributed by atoms with Crippen molar-refractivity contribution in [3.8, 4) is 0 Å². The van der Waals surface area contributed by atoms with Gasteiger partial charge in [0.25, 0.3) is 0 Å². The van der Waals surface area contributed by atoms with E-state index in [0.717, 1.165) is 7.11 Å². The first kappa shape index (κ1) is 16.1. The summed E-state index contributed by atoms with van der Waals surface area (Å²) in [6.07, 6.45) is -5.23. The minimum absolute atomic E-state index is 0.0786. The molecule has 1 atom stereocenters. The highest BCUT2D eigenvalue weighted by molar-refractivity contribution is 5.86. The number of nitrogens with zero attached hydrogens (tertiary/aromatic N) is 2.